The van der Waals surface area contributed by atoms with Gasteiger partial charge in [0, 0.05) is 23.5 Å². The van der Waals surface area contributed by atoms with Gasteiger partial charge in [-0.15, -0.1) is 11.8 Å². The second-order valence-electron chi connectivity index (χ2n) is 6.42. The first kappa shape index (κ1) is 24.2. The number of halogens is 3. The number of hydrogen-bond acceptors (Lipinski definition) is 4. The van der Waals surface area contributed by atoms with E-state index in [4.69, 9.17) is 0 Å². The minimum absolute atomic E-state index is 0.0123. The van der Waals surface area contributed by atoms with Gasteiger partial charge < -0.3 is 5.32 Å². The third kappa shape index (κ3) is 5.99. The van der Waals surface area contributed by atoms with Gasteiger partial charge in [0.25, 0.3) is 5.91 Å². The molecule has 0 aromatic heterocycles. The molecule has 30 heavy (non-hydrogen) atoms. The minimum Gasteiger partial charge on any atom is -0.321 e. The summed E-state index contributed by atoms with van der Waals surface area (Å²) in [4.78, 5) is 13.1. The maximum absolute atomic E-state index is 12.8. The highest BCUT2D eigenvalue weighted by Gasteiger charge is 2.28. The lowest BCUT2D eigenvalue weighted by Crippen LogP contribution is -2.30. The summed E-state index contributed by atoms with van der Waals surface area (Å²) in [5.41, 5.74) is 0.915. The smallest absolute Gasteiger partial charge is 0.321 e. The summed E-state index contributed by atoms with van der Waals surface area (Å²) in [5.74, 6) is -1.68. The molecule has 0 spiro atoms. The van der Waals surface area contributed by atoms with Crippen molar-refractivity contribution in [3.05, 3.63) is 53.6 Å². The molecule has 2 aromatic rings. The average molecular weight is 461 g/mol. The summed E-state index contributed by atoms with van der Waals surface area (Å²) in [6.07, 6.45) is -4.34. The van der Waals surface area contributed by atoms with Gasteiger partial charge in [0.1, 0.15) is 0 Å². The van der Waals surface area contributed by atoms with Crippen LogP contribution in [0.2, 0.25) is 0 Å². The molecule has 0 radical (unpaired) electrons. The molecule has 5 nitrogen and oxygen atoms in total. The minimum atomic E-state index is -4.34. The zero-order valence-corrected chi connectivity index (χ0v) is 18.4. The van der Waals surface area contributed by atoms with E-state index in [0.717, 1.165) is 0 Å². The van der Waals surface area contributed by atoms with E-state index in [2.05, 4.69) is 5.32 Å². The molecule has 1 amide bonds. The Labute approximate surface area is 178 Å². The number of anilines is 1. The topological polar surface area (TPSA) is 66.5 Å². The van der Waals surface area contributed by atoms with Crippen LogP contribution < -0.4 is 5.32 Å². The fourth-order valence-corrected chi connectivity index (χ4v) is 5.02. The van der Waals surface area contributed by atoms with Crippen LogP contribution in [0.5, 0.6) is 0 Å². The molecule has 0 unspecified atom stereocenters. The number of alkyl halides is 3. The monoisotopic (exact) mass is 460 g/mol. The number of benzene rings is 2. The van der Waals surface area contributed by atoms with Gasteiger partial charge in [-0.05, 0) is 36.8 Å². The van der Waals surface area contributed by atoms with Crippen LogP contribution in [0, 0.1) is 6.92 Å². The Kier molecular flexibility index (Phi) is 7.95. The maximum atomic E-state index is 12.8. The maximum Gasteiger partial charge on any atom is 0.398 e. The molecule has 164 valence electrons. The Hall–Kier alpha value is -2.04. The highest BCUT2D eigenvalue weighted by molar-refractivity contribution is 7.99. The summed E-state index contributed by atoms with van der Waals surface area (Å²) in [7, 11) is -3.76. The number of rotatable bonds is 8. The molecule has 0 atom stereocenters. The molecule has 0 aliphatic carbocycles. The predicted molar refractivity (Wildman–Crippen MR) is 112 cm³/mol. The second-order valence-corrected chi connectivity index (χ2v) is 9.38. The van der Waals surface area contributed by atoms with Gasteiger partial charge >= 0.3 is 6.18 Å². The van der Waals surface area contributed by atoms with Crippen LogP contribution in [0.3, 0.4) is 0 Å². The van der Waals surface area contributed by atoms with Crippen LogP contribution in [-0.4, -0.2) is 43.6 Å². The second kappa shape index (κ2) is 9.84. The third-order valence-electron chi connectivity index (χ3n) is 4.32. The first-order valence-corrected chi connectivity index (χ1v) is 11.6. The van der Waals surface area contributed by atoms with Crippen LogP contribution in [0.4, 0.5) is 18.9 Å². The van der Waals surface area contributed by atoms with Crippen molar-refractivity contribution in [3.8, 4) is 0 Å². The Morgan fingerprint density at radius 3 is 2.33 bits per heavy atom. The van der Waals surface area contributed by atoms with E-state index in [-0.39, 0.29) is 34.1 Å². The number of nitrogens with zero attached hydrogens (tertiary/aromatic N) is 1. The van der Waals surface area contributed by atoms with E-state index >= 15 is 0 Å². The largest absolute Gasteiger partial charge is 0.398 e. The predicted octanol–water partition coefficient (Wildman–Crippen LogP) is 4.93. The molecule has 0 heterocycles. The molecule has 0 saturated carbocycles. The molecule has 0 bridgehead atoms. The highest BCUT2D eigenvalue weighted by Crippen LogP contribution is 2.32. The van der Waals surface area contributed by atoms with Crippen LogP contribution in [0.1, 0.15) is 29.8 Å². The molecule has 1 N–H and O–H groups in total. The van der Waals surface area contributed by atoms with Gasteiger partial charge in [0.2, 0.25) is 10.0 Å². The molecule has 0 fully saturated rings. The van der Waals surface area contributed by atoms with Crippen molar-refractivity contribution < 1.29 is 26.4 Å². The van der Waals surface area contributed by atoms with Crippen LogP contribution in [0.15, 0.2) is 52.3 Å². The fraction of sp³-hybridized carbons (Fsp3) is 0.350. The summed E-state index contributed by atoms with van der Waals surface area (Å²) >= 11 is 0.570. The fourth-order valence-electron chi connectivity index (χ4n) is 2.76. The Morgan fingerprint density at radius 2 is 1.73 bits per heavy atom. The summed E-state index contributed by atoms with van der Waals surface area (Å²) in [6, 6.07) is 10.4. The number of para-hydroxylation sites is 1. The summed E-state index contributed by atoms with van der Waals surface area (Å²) < 4.78 is 64.5. The normalized spacial score (nSPS) is 12.2. The lowest BCUT2D eigenvalue weighted by Gasteiger charge is -2.19. The van der Waals surface area contributed by atoms with Gasteiger partial charge in [0.15, 0.2) is 0 Å². The standard InChI is InChI=1S/C20H23F3N2O3S2/c1-4-25(5-2)30(27,28)15-11-10-14(3)16(12-15)19(26)24-17-8-6-7-9-18(17)29-13-20(21,22)23/h6-12H,4-5,13H2,1-3H3,(H,24,26). The number of aryl methyl sites for hydroxylation is 1. The van der Waals surface area contributed by atoms with E-state index in [1.165, 1.54) is 34.6 Å². The lowest BCUT2D eigenvalue weighted by atomic mass is 10.1. The van der Waals surface area contributed by atoms with Crippen molar-refractivity contribution in [2.45, 2.75) is 36.7 Å². The zero-order valence-electron chi connectivity index (χ0n) is 16.8. The summed E-state index contributed by atoms with van der Waals surface area (Å²) in [5, 5.41) is 2.60. The molecule has 2 rings (SSSR count). The van der Waals surface area contributed by atoms with Crippen LogP contribution in [-0.2, 0) is 10.0 Å². The number of carbonyl (C=O) groups excluding carboxylic acids is 1. The Balaban J connectivity index is 2.33. The Bertz CT molecular complexity index is 1000. The van der Waals surface area contributed by atoms with Gasteiger partial charge in [0.05, 0.1) is 16.3 Å². The van der Waals surface area contributed by atoms with Crippen molar-refractivity contribution in [2.24, 2.45) is 0 Å². The van der Waals surface area contributed by atoms with Gasteiger partial charge in [-0.2, -0.15) is 17.5 Å². The number of sulfonamides is 1. The molecule has 0 aliphatic rings. The molecular weight excluding hydrogens is 437 g/mol. The van der Waals surface area contributed by atoms with E-state index in [1.54, 1.807) is 32.9 Å². The highest BCUT2D eigenvalue weighted by atomic mass is 32.2. The van der Waals surface area contributed by atoms with Crippen molar-refractivity contribution in [2.75, 3.05) is 24.2 Å². The number of nitrogens with one attached hydrogen (secondary N) is 1. The number of carbonyl (C=O) groups is 1. The number of amides is 1. The Morgan fingerprint density at radius 1 is 1.10 bits per heavy atom. The van der Waals surface area contributed by atoms with E-state index in [0.29, 0.717) is 17.3 Å². The van der Waals surface area contributed by atoms with Gasteiger partial charge in [-0.1, -0.05) is 32.0 Å². The number of thioether (sulfide) groups is 1. The lowest BCUT2D eigenvalue weighted by molar-refractivity contribution is -0.105. The zero-order chi connectivity index (χ0) is 22.5. The van der Waals surface area contributed by atoms with Gasteiger partial charge in [-0.3, -0.25) is 4.79 Å². The first-order valence-electron chi connectivity index (χ1n) is 9.20. The van der Waals surface area contributed by atoms with Crippen molar-refractivity contribution in [1.29, 1.82) is 0 Å². The first-order chi connectivity index (χ1) is 14.0. The SMILES string of the molecule is CCN(CC)S(=O)(=O)c1ccc(C)c(C(=O)Nc2ccccc2SCC(F)(F)F)c1. The number of hydrogen-bond donors (Lipinski definition) is 1. The van der Waals surface area contributed by atoms with E-state index in [1.807, 2.05) is 0 Å². The molecule has 10 heteroatoms. The molecule has 2 aromatic carbocycles. The van der Waals surface area contributed by atoms with Gasteiger partial charge in [-0.25, -0.2) is 8.42 Å². The summed E-state index contributed by atoms with van der Waals surface area (Å²) in [6.45, 7) is 5.68. The van der Waals surface area contributed by atoms with Crippen LogP contribution >= 0.6 is 11.8 Å². The van der Waals surface area contributed by atoms with Crippen molar-refractivity contribution >= 4 is 33.4 Å². The molecule has 0 aliphatic heterocycles. The van der Waals surface area contributed by atoms with Crippen molar-refractivity contribution in [3.63, 3.8) is 0 Å². The van der Waals surface area contributed by atoms with Crippen molar-refractivity contribution in [1.82, 2.24) is 4.31 Å². The third-order valence-corrected chi connectivity index (χ3v) is 7.51. The quantitative estimate of drug-likeness (QED) is 0.567. The molecule has 0 saturated heterocycles. The van der Waals surface area contributed by atoms with E-state index in [9.17, 15) is 26.4 Å². The van der Waals surface area contributed by atoms with Crippen LogP contribution in [0.25, 0.3) is 0 Å². The molecular formula is C20H23F3N2O3S2. The average Bonchev–Trinajstić information content (AvgIpc) is 2.67. The van der Waals surface area contributed by atoms with E-state index < -0.39 is 27.9 Å².